The SMILES string of the molecule is CN(Cc1ccsc1)C(=O)c1cccc(OC2CCN(Cc3ccncc3)CC2)c1. The van der Waals surface area contributed by atoms with Crippen LogP contribution in [0.2, 0.25) is 0 Å². The molecule has 0 spiro atoms. The summed E-state index contributed by atoms with van der Waals surface area (Å²) >= 11 is 1.65. The van der Waals surface area contributed by atoms with Crippen LogP contribution in [0.3, 0.4) is 0 Å². The summed E-state index contributed by atoms with van der Waals surface area (Å²) in [6, 6.07) is 13.8. The first-order valence-electron chi connectivity index (χ1n) is 10.3. The molecule has 0 radical (unpaired) electrons. The van der Waals surface area contributed by atoms with Gasteiger partial charge in [-0.3, -0.25) is 14.7 Å². The summed E-state index contributed by atoms with van der Waals surface area (Å²) in [7, 11) is 1.84. The van der Waals surface area contributed by atoms with E-state index in [0.29, 0.717) is 12.1 Å². The maximum atomic E-state index is 12.8. The zero-order valence-electron chi connectivity index (χ0n) is 17.2. The van der Waals surface area contributed by atoms with Crippen LogP contribution >= 0.6 is 11.3 Å². The highest BCUT2D eigenvalue weighted by molar-refractivity contribution is 7.07. The molecule has 6 heteroatoms. The number of carbonyl (C=O) groups is 1. The maximum Gasteiger partial charge on any atom is 0.254 e. The number of hydrogen-bond donors (Lipinski definition) is 0. The lowest BCUT2D eigenvalue weighted by Crippen LogP contribution is -2.37. The van der Waals surface area contributed by atoms with Crippen LogP contribution < -0.4 is 4.74 Å². The van der Waals surface area contributed by atoms with Gasteiger partial charge in [0.2, 0.25) is 0 Å². The highest BCUT2D eigenvalue weighted by Crippen LogP contribution is 2.22. The third kappa shape index (κ3) is 5.46. The minimum Gasteiger partial charge on any atom is -0.490 e. The molecule has 1 amide bonds. The van der Waals surface area contributed by atoms with Crippen molar-refractivity contribution in [2.75, 3.05) is 20.1 Å². The van der Waals surface area contributed by atoms with Crippen LogP contribution in [0.4, 0.5) is 0 Å². The summed E-state index contributed by atoms with van der Waals surface area (Å²) in [6.07, 6.45) is 5.85. The first-order valence-corrected chi connectivity index (χ1v) is 11.3. The Morgan fingerprint density at radius 3 is 2.70 bits per heavy atom. The Kier molecular flexibility index (Phi) is 6.77. The number of amides is 1. The summed E-state index contributed by atoms with van der Waals surface area (Å²) < 4.78 is 6.22. The molecule has 0 unspecified atom stereocenters. The molecule has 0 aliphatic carbocycles. The molecule has 4 rings (SSSR count). The normalized spacial score (nSPS) is 15.1. The van der Waals surface area contributed by atoms with Gasteiger partial charge in [-0.15, -0.1) is 0 Å². The third-order valence-corrected chi connectivity index (χ3v) is 6.15. The lowest BCUT2D eigenvalue weighted by atomic mass is 10.1. The van der Waals surface area contributed by atoms with Crippen molar-refractivity contribution in [3.05, 3.63) is 82.3 Å². The molecule has 0 bridgehead atoms. The van der Waals surface area contributed by atoms with E-state index in [4.69, 9.17) is 4.74 Å². The second-order valence-corrected chi connectivity index (χ2v) is 8.55. The van der Waals surface area contributed by atoms with E-state index >= 15 is 0 Å². The second-order valence-electron chi connectivity index (χ2n) is 7.77. The van der Waals surface area contributed by atoms with Gasteiger partial charge in [-0.05, 0) is 71.1 Å². The molecule has 1 aromatic carbocycles. The number of rotatable bonds is 7. The molecule has 1 fully saturated rings. The van der Waals surface area contributed by atoms with Crippen molar-refractivity contribution in [2.24, 2.45) is 0 Å². The van der Waals surface area contributed by atoms with Crippen molar-refractivity contribution >= 4 is 17.2 Å². The first-order chi connectivity index (χ1) is 14.7. The smallest absolute Gasteiger partial charge is 0.254 e. The fraction of sp³-hybridized carbons (Fsp3) is 0.333. The van der Waals surface area contributed by atoms with Crippen molar-refractivity contribution in [3.8, 4) is 5.75 Å². The summed E-state index contributed by atoms with van der Waals surface area (Å²) in [5, 5.41) is 4.11. The number of likely N-dealkylation sites (tertiary alicyclic amines) is 1. The number of hydrogen-bond acceptors (Lipinski definition) is 5. The highest BCUT2D eigenvalue weighted by Gasteiger charge is 2.21. The van der Waals surface area contributed by atoms with Gasteiger partial charge in [0, 0.05) is 51.2 Å². The fourth-order valence-corrected chi connectivity index (χ4v) is 4.44. The Balaban J connectivity index is 1.30. The number of aromatic nitrogens is 1. The van der Waals surface area contributed by atoms with Gasteiger partial charge < -0.3 is 9.64 Å². The Hall–Kier alpha value is -2.70. The predicted molar refractivity (Wildman–Crippen MR) is 120 cm³/mol. The van der Waals surface area contributed by atoms with Gasteiger partial charge in [-0.25, -0.2) is 0 Å². The molecule has 1 saturated heterocycles. The Labute approximate surface area is 181 Å². The minimum atomic E-state index is 0.0128. The molecule has 1 aliphatic rings. The molecule has 3 aromatic rings. The predicted octanol–water partition coefficient (Wildman–Crippen LogP) is 4.46. The zero-order chi connectivity index (χ0) is 20.8. The monoisotopic (exact) mass is 421 g/mol. The van der Waals surface area contributed by atoms with Gasteiger partial charge in [0.05, 0.1) is 0 Å². The molecule has 2 aromatic heterocycles. The van der Waals surface area contributed by atoms with E-state index in [0.717, 1.165) is 43.8 Å². The third-order valence-electron chi connectivity index (χ3n) is 5.42. The van der Waals surface area contributed by atoms with Gasteiger partial charge >= 0.3 is 0 Å². The lowest BCUT2D eigenvalue weighted by Gasteiger charge is -2.32. The van der Waals surface area contributed by atoms with Crippen molar-refractivity contribution in [1.29, 1.82) is 0 Å². The van der Waals surface area contributed by atoms with Crippen molar-refractivity contribution in [3.63, 3.8) is 0 Å². The van der Waals surface area contributed by atoms with Gasteiger partial charge in [-0.2, -0.15) is 11.3 Å². The van der Waals surface area contributed by atoms with Gasteiger partial charge in [0.15, 0.2) is 0 Å². The van der Waals surface area contributed by atoms with Crippen LogP contribution in [0, 0.1) is 0 Å². The van der Waals surface area contributed by atoms with E-state index in [1.807, 2.05) is 49.1 Å². The van der Waals surface area contributed by atoms with Gasteiger partial charge in [0.1, 0.15) is 11.9 Å². The van der Waals surface area contributed by atoms with E-state index in [9.17, 15) is 4.79 Å². The number of nitrogens with zero attached hydrogens (tertiary/aromatic N) is 3. The minimum absolute atomic E-state index is 0.0128. The van der Waals surface area contributed by atoms with E-state index in [1.165, 1.54) is 5.56 Å². The average molecular weight is 422 g/mol. The molecule has 5 nitrogen and oxygen atoms in total. The molecule has 3 heterocycles. The Morgan fingerprint density at radius 1 is 1.17 bits per heavy atom. The zero-order valence-corrected chi connectivity index (χ0v) is 18.1. The van der Waals surface area contributed by atoms with Gasteiger partial charge in [0.25, 0.3) is 5.91 Å². The number of ether oxygens (including phenoxy) is 1. The fourth-order valence-electron chi connectivity index (χ4n) is 3.78. The quantitative estimate of drug-likeness (QED) is 0.565. The number of benzene rings is 1. The molecule has 30 heavy (non-hydrogen) atoms. The summed E-state index contributed by atoms with van der Waals surface area (Å²) in [4.78, 5) is 21.1. The number of carbonyl (C=O) groups excluding carboxylic acids is 1. The molecule has 156 valence electrons. The van der Waals surface area contributed by atoms with Crippen LogP contribution in [0.15, 0.2) is 65.6 Å². The van der Waals surface area contributed by atoms with E-state index in [1.54, 1.807) is 16.2 Å². The highest BCUT2D eigenvalue weighted by atomic mass is 32.1. The topological polar surface area (TPSA) is 45.7 Å². The van der Waals surface area contributed by atoms with Gasteiger partial charge in [-0.1, -0.05) is 6.07 Å². The summed E-state index contributed by atoms with van der Waals surface area (Å²) in [5.74, 6) is 0.788. The van der Waals surface area contributed by atoms with Crippen molar-refractivity contribution in [2.45, 2.75) is 32.0 Å². The average Bonchev–Trinajstić information content (AvgIpc) is 3.28. The largest absolute Gasteiger partial charge is 0.490 e. The molecule has 0 saturated carbocycles. The van der Waals surface area contributed by atoms with E-state index in [2.05, 4.69) is 33.5 Å². The Bertz CT molecular complexity index is 938. The Morgan fingerprint density at radius 2 is 1.97 bits per heavy atom. The molecule has 0 N–H and O–H groups in total. The van der Waals surface area contributed by atoms with E-state index in [-0.39, 0.29) is 12.0 Å². The van der Waals surface area contributed by atoms with Crippen LogP contribution in [-0.4, -0.2) is 46.9 Å². The lowest BCUT2D eigenvalue weighted by molar-refractivity contribution is 0.0782. The van der Waals surface area contributed by atoms with Crippen LogP contribution in [-0.2, 0) is 13.1 Å². The molecule has 0 atom stereocenters. The number of piperidine rings is 1. The molecular weight excluding hydrogens is 394 g/mol. The standard InChI is InChI=1S/C24H27N3O2S/c1-26(16-20-9-14-30-18-20)24(28)21-3-2-4-23(15-21)29-22-7-12-27(13-8-22)17-19-5-10-25-11-6-19/h2-6,9-11,14-15,18,22H,7-8,12-13,16-17H2,1H3. The van der Waals surface area contributed by atoms with Crippen molar-refractivity contribution in [1.82, 2.24) is 14.8 Å². The number of pyridine rings is 1. The van der Waals surface area contributed by atoms with E-state index < -0.39 is 0 Å². The van der Waals surface area contributed by atoms with Crippen LogP contribution in [0.5, 0.6) is 5.75 Å². The molecular formula is C24H27N3O2S. The molecule has 1 aliphatic heterocycles. The van der Waals surface area contributed by atoms with Crippen LogP contribution in [0.1, 0.15) is 34.3 Å². The summed E-state index contributed by atoms with van der Waals surface area (Å²) in [5.41, 5.74) is 3.12. The second kappa shape index (κ2) is 9.87. The van der Waals surface area contributed by atoms with Crippen LogP contribution in [0.25, 0.3) is 0 Å². The van der Waals surface area contributed by atoms with Crippen molar-refractivity contribution < 1.29 is 9.53 Å². The summed E-state index contributed by atoms with van der Waals surface area (Å²) in [6.45, 7) is 3.59. The number of thiophene rings is 1. The maximum absolute atomic E-state index is 12.8. The first kappa shape index (κ1) is 20.6.